The number of carbonyl (C=O) groups is 1. The minimum Gasteiger partial charge on any atom is -0.491 e. The van der Waals surface area contributed by atoms with Crippen LogP contribution in [-0.2, 0) is 14.8 Å². The molecule has 1 N–H and O–H groups in total. The van der Waals surface area contributed by atoms with Gasteiger partial charge in [0.2, 0.25) is 10.0 Å². The molecule has 1 aliphatic rings. The Kier molecular flexibility index (Phi) is 6.24. The second-order valence-corrected chi connectivity index (χ2v) is 9.26. The number of halogens is 1. The van der Waals surface area contributed by atoms with E-state index in [9.17, 15) is 13.2 Å². The van der Waals surface area contributed by atoms with Gasteiger partial charge < -0.3 is 14.8 Å². The number of ether oxygens (including phenoxy) is 2. The molecular weight excluding hydrogens is 416 g/mol. The Morgan fingerprint density at radius 3 is 2.76 bits per heavy atom. The maximum atomic E-state index is 12.5. The van der Waals surface area contributed by atoms with Crippen LogP contribution in [0.5, 0.6) is 11.5 Å². The SMILES string of the molecule is Cc1ccc(C)c(OCCNC(=O)[C@H]2CN(S(C)(=O)=O)c3cc(Cl)ccc3O2)c1. The zero-order valence-corrected chi connectivity index (χ0v) is 18.0. The molecule has 2 aromatic rings. The highest BCUT2D eigenvalue weighted by atomic mass is 35.5. The quantitative estimate of drug-likeness (QED) is 0.701. The predicted octanol–water partition coefficient (Wildman–Crippen LogP) is 2.68. The molecule has 0 radical (unpaired) electrons. The molecule has 0 bridgehead atoms. The minimum absolute atomic E-state index is 0.129. The number of hydrogen-bond acceptors (Lipinski definition) is 5. The van der Waals surface area contributed by atoms with Gasteiger partial charge in [0.05, 0.1) is 25.0 Å². The summed E-state index contributed by atoms with van der Waals surface area (Å²) in [4.78, 5) is 12.5. The Hall–Kier alpha value is -2.45. The first-order chi connectivity index (χ1) is 13.6. The average Bonchev–Trinajstić information content (AvgIpc) is 2.66. The molecule has 3 rings (SSSR count). The van der Waals surface area contributed by atoms with Crippen LogP contribution in [0.15, 0.2) is 36.4 Å². The van der Waals surface area contributed by atoms with Gasteiger partial charge in [-0.1, -0.05) is 23.7 Å². The molecule has 1 atom stereocenters. The molecule has 0 unspecified atom stereocenters. The first kappa shape index (κ1) is 21.3. The number of rotatable bonds is 6. The normalized spacial score (nSPS) is 16.0. The fourth-order valence-corrected chi connectivity index (χ4v) is 4.06. The fraction of sp³-hybridized carbons (Fsp3) is 0.350. The molecule has 2 aromatic carbocycles. The van der Waals surface area contributed by atoms with E-state index >= 15 is 0 Å². The highest BCUT2D eigenvalue weighted by Crippen LogP contribution is 2.37. The minimum atomic E-state index is -3.60. The van der Waals surface area contributed by atoms with Crippen molar-refractivity contribution in [2.75, 3.05) is 30.3 Å². The lowest BCUT2D eigenvalue weighted by Gasteiger charge is -2.34. The number of fused-ring (bicyclic) bond motifs is 1. The van der Waals surface area contributed by atoms with Crippen molar-refractivity contribution in [3.63, 3.8) is 0 Å². The van der Waals surface area contributed by atoms with E-state index in [1.54, 1.807) is 12.1 Å². The number of sulfonamides is 1. The van der Waals surface area contributed by atoms with Crippen molar-refractivity contribution in [2.45, 2.75) is 20.0 Å². The number of hydrogen-bond donors (Lipinski definition) is 1. The highest BCUT2D eigenvalue weighted by Gasteiger charge is 2.35. The van der Waals surface area contributed by atoms with Gasteiger partial charge in [0.15, 0.2) is 6.10 Å². The zero-order valence-electron chi connectivity index (χ0n) is 16.4. The summed E-state index contributed by atoms with van der Waals surface area (Å²) in [6.07, 6.45) is 0.106. The summed E-state index contributed by atoms with van der Waals surface area (Å²) in [5.74, 6) is 0.642. The van der Waals surface area contributed by atoms with Gasteiger partial charge in [0.1, 0.15) is 18.1 Å². The third-order valence-electron chi connectivity index (χ3n) is 4.49. The van der Waals surface area contributed by atoms with Crippen molar-refractivity contribution < 1.29 is 22.7 Å². The van der Waals surface area contributed by atoms with Gasteiger partial charge in [-0.05, 0) is 49.2 Å². The summed E-state index contributed by atoms with van der Waals surface area (Å²) in [7, 11) is -3.60. The predicted molar refractivity (Wildman–Crippen MR) is 112 cm³/mol. The molecule has 7 nitrogen and oxygen atoms in total. The molecule has 0 aromatic heterocycles. The van der Waals surface area contributed by atoms with Gasteiger partial charge in [0.25, 0.3) is 5.91 Å². The van der Waals surface area contributed by atoms with Gasteiger partial charge in [0, 0.05) is 5.02 Å². The van der Waals surface area contributed by atoms with E-state index in [4.69, 9.17) is 21.1 Å². The smallest absolute Gasteiger partial charge is 0.263 e. The van der Waals surface area contributed by atoms with Crippen molar-refractivity contribution >= 4 is 33.2 Å². The molecule has 1 heterocycles. The summed E-state index contributed by atoms with van der Waals surface area (Å²) in [5, 5.41) is 3.12. The van der Waals surface area contributed by atoms with Crippen molar-refractivity contribution in [3.8, 4) is 11.5 Å². The Bertz CT molecular complexity index is 1030. The lowest BCUT2D eigenvalue weighted by atomic mass is 10.1. The Morgan fingerprint density at radius 2 is 2.03 bits per heavy atom. The van der Waals surface area contributed by atoms with Crippen LogP contribution in [0.25, 0.3) is 0 Å². The number of nitrogens with zero attached hydrogens (tertiary/aromatic N) is 1. The molecule has 1 aliphatic heterocycles. The van der Waals surface area contributed by atoms with Crippen LogP contribution in [0.1, 0.15) is 11.1 Å². The number of amides is 1. The van der Waals surface area contributed by atoms with Crippen molar-refractivity contribution in [3.05, 3.63) is 52.5 Å². The van der Waals surface area contributed by atoms with Crippen molar-refractivity contribution in [1.29, 1.82) is 0 Å². The summed E-state index contributed by atoms with van der Waals surface area (Å²) < 4.78 is 36.9. The third kappa shape index (κ3) is 5.13. The summed E-state index contributed by atoms with van der Waals surface area (Å²) in [6.45, 7) is 4.35. The van der Waals surface area contributed by atoms with E-state index in [1.807, 2.05) is 32.0 Å². The van der Waals surface area contributed by atoms with Crippen LogP contribution >= 0.6 is 11.6 Å². The van der Waals surface area contributed by atoms with E-state index < -0.39 is 22.0 Å². The van der Waals surface area contributed by atoms with Gasteiger partial charge in [-0.2, -0.15) is 0 Å². The Morgan fingerprint density at radius 1 is 1.28 bits per heavy atom. The fourth-order valence-electron chi connectivity index (χ4n) is 2.99. The van der Waals surface area contributed by atoms with Gasteiger partial charge in [-0.3, -0.25) is 9.10 Å². The standard InChI is InChI=1S/C20H23ClN2O5S/c1-13-4-5-14(2)18(10-13)27-9-8-22-20(24)19-12-23(29(3,25)26)16-11-15(21)6-7-17(16)28-19/h4-7,10-11,19H,8-9,12H2,1-3H3,(H,22,24)/t19-/m1/s1. The monoisotopic (exact) mass is 438 g/mol. The molecule has 0 aliphatic carbocycles. The number of nitrogens with one attached hydrogen (secondary N) is 1. The number of aryl methyl sites for hydroxylation is 2. The van der Waals surface area contributed by atoms with Crippen LogP contribution in [0.4, 0.5) is 5.69 Å². The molecule has 0 fully saturated rings. The second kappa shape index (κ2) is 8.51. The summed E-state index contributed by atoms with van der Waals surface area (Å²) >= 11 is 5.98. The van der Waals surface area contributed by atoms with Crippen LogP contribution in [-0.4, -0.2) is 46.4 Å². The average molecular weight is 439 g/mol. The first-order valence-corrected chi connectivity index (χ1v) is 11.3. The molecule has 29 heavy (non-hydrogen) atoms. The topological polar surface area (TPSA) is 84.9 Å². The van der Waals surface area contributed by atoms with Crippen LogP contribution in [0, 0.1) is 13.8 Å². The maximum Gasteiger partial charge on any atom is 0.263 e. The Balaban J connectivity index is 1.62. The number of benzene rings is 2. The number of carbonyl (C=O) groups excluding carboxylic acids is 1. The lowest BCUT2D eigenvalue weighted by molar-refractivity contribution is -0.127. The van der Waals surface area contributed by atoms with Crippen molar-refractivity contribution in [1.82, 2.24) is 5.32 Å². The Labute approximate surface area is 175 Å². The van der Waals surface area contributed by atoms with E-state index in [0.717, 1.165) is 27.4 Å². The van der Waals surface area contributed by atoms with Crippen LogP contribution < -0.4 is 19.1 Å². The molecule has 1 amide bonds. The summed E-state index contributed by atoms with van der Waals surface area (Å²) in [5.41, 5.74) is 2.42. The molecule has 9 heteroatoms. The van der Waals surface area contributed by atoms with E-state index in [1.165, 1.54) is 6.07 Å². The maximum absolute atomic E-state index is 12.5. The first-order valence-electron chi connectivity index (χ1n) is 9.07. The van der Waals surface area contributed by atoms with Gasteiger partial charge in [-0.25, -0.2) is 8.42 Å². The molecule has 156 valence electrons. The molecule has 0 spiro atoms. The third-order valence-corrected chi connectivity index (χ3v) is 5.87. The summed E-state index contributed by atoms with van der Waals surface area (Å²) in [6, 6.07) is 10.6. The van der Waals surface area contributed by atoms with Gasteiger partial charge in [-0.15, -0.1) is 0 Å². The molecule has 0 saturated carbocycles. The zero-order chi connectivity index (χ0) is 21.2. The van der Waals surface area contributed by atoms with E-state index in [2.05, 4.69) is 5.32 Å². The van der Waals surface area contributed by atoms with Crippen LogP contribution in [0.2, 0.25) is 5.02 Å². The van der Waals surface area contributed by atoms with E-state index in [0.29, 0.717) is 10.7 Å². The lowest BCUT2D eigenvalue weighted by Crippen LogP contribution is -2.51. The van der Waals surface area contributed by atoms with Crippen molar-refractivity contribution in [2.24, 2.45) is 0 Å². The molecular formula is C20H23ClN2O5S. The highest BCUT2D eigenvalue weighted by molar-refractivity contribution is 7.92. The second-order valence-electron chi connectivity index (χ2n) is 6.92. The van der Waals surface area contributed by atoms with Crippen LogP contribution in [0.3, 0.4) is 0 Å². The number of anilines is 1. The van der Waals surface area contributed by atoms with Gasteiger partial charge >= 0.3 is 0 Å². The molecule has 0 saturated heterocycles. The van der Waals surface area contributed by atoms with E-state index in [-0.39, 0.29) is 25.4 Å². The largest absolute Gasteiger partial charge is 0.491 e.